The molecule has 2 aromatic rings. The molecule has 0 saturated heterocycles. The zero-order chi connectivity index (χ0) is 15.2. The Labute approximate surface area is 123 Å². The number of aromatic nitrogens is 2. The number of methoxy groups -OCH3 is 1. The number of carbonyl (C=O) groups excluding carboxylic acids is 1. The molecule has 2 rings (SSSR count). The highest BCUT2D eigenvalue weighted by atomic mass is 16.5. The van der Waals surface area contributed by atoms with Crippen molar-refractivity contribution in [3.05, 3.63) is 30.1 Å². The smallest absolute Gasteiger partial charge is 0.239 e. The van der Waals surface area contributed by atoms with Crippen LogP contribution in [0.15, 0.2) is 24.4 Å². The fraction of sp³-hybridized carbons (Fsp3) is 0.429. The van der Waals surface area contributed by atoms with Crippen LogP contribution >= 0.6 is 0 Å². The highest BCUT2D eigenvalue weighted by Gasteiger charge is 2.16. The zero-order valence-electron chi connectivity index (χ0n) is 12.4. The maximum absolute atomic E-state index is 11.8. The van der Waals surface area contributed by atoms with Crippen molar-refractivity contribution in [3.8, 4) is 0 Å². The minimum Gasteiger partial charge on any atom is -0.383 e. The zero-order valence-corrected chi connectivity index (χ0v) is 12.4. The van der Waals surface area contributed by atoms with Crippen LogP contribution in [0.4, 0.5) is 5.82 Å². The van der Waals surface area contributed by atoms with Gasteiger partial charge >= 0.3 is 0 Å². The van der Waals surface area contributed by atoms with Crippen molar-refractivity contribution < 1.29 is 9.53 Å². The fourth-order valence-electron chi connectivity index (χ4n) is 2.17. The number of likely N-dealkylation sites (N-methyl/N-ethyl adjacent to an activating group) is 1. The first-order chi connectivity index (χ1) is 10.2. The highest BCUT2D eigenvalue weighted by Crippen LogP contribution is 2.20. The van der Waals surface area contributed by atoms with Crippen molar-refractivity contribution in [2.24, 2.45) is 5.73 Å². The number of rotatable bonds is 7. The Hall–Kier alpha value is -2.12. The van der Waals surface area contributed by atoms with Gasteiger partial charge in [0.2, 0.25) is 5.91 Å². The molecule has 0 spiro atoms. The molecule has 0 fully saturated rings. The molecular formula is C14H21N5O2. The molecule has 21 heavy (non-hydrogen) atoms. The van der Waals surface area contributed by atoms with Crippen LogP contribution in [-0.2, 0) is 16.1 Å². The predicted molar refractivity (Wildman–Crippen MR) is 81.2 cm³/mol. The third kappa shape index (κ3) is 3.50. The molecule has 0 atom stereocenters. The van der Waals surface area contributed by atoms with E-state index in [9.17, 15) is 4.79 Å². The summed E-state index contributed by atoms with van der Waals surface area (Å²) in [5, 5.41) is 2.78. The summed E-state index contributed by atoms with van der Waals surface area (Å²) in [6.07, 6.45) is 1.92. The van der Waals surface area contributed by atoms with Gasteiger partial charge in [0.15, 0.2) is 5.82 Å². The van der Waals surface area contributed by atoms with Crippen LogP contribution in [0.25, 0.3) is 5.65 Å². The topological polar surface area (TPSA) is 84.9 Å². The van der Waals surface area contributed by atoms with Gasteiger partial charge < -0.3 is 25.1 Å². The second kappa shape index (κ2) is 7.05. The lowest BCUT2D eigenvalue weighted by Gasteiger charge is -2.17. The van der Waals surface area contributed by atoms with Gasteiger partial charge in [0.05, 0.1) is 18.8 Å². The number of pyridine rings is 1. The highest BCUT2D eigenvalue weighted by molar-refractivity contribution is 5.81. The summed E-state index contributed by atoms with van der Waals surface area (Å²) in [6.45, 7) is 1.58. The standard InChI is InChI=1S/C14H21N5O2/c1-18(10-13(20)16-6-8-21-2)14-11(9-15)19-7-4-3-5-12(19)17-14/h3-5,7H,6,8-10,15H2,1-2H3,(H,16,20). The molecule has 0 bridgehead atoms. The molecule has 2 heterocycles. The van der Waals surface area contributed by atoms with Gasteiger partial charge in [-0.2, -0.15) is 0 Å². The number of nitrogens with zero attached hydrogens (tertiary/aromatic N) is 3. The largest absolute Gasteiger partial charge is 0.383 e. The molecule has 0 unspecified atom stereocenters. The Morgan fingerprint density at radius 2 is 2.33 bits per heavy atom. The summed E-state index contributed by atoms with van der Waals surface area (Å²) in [5.74, 6) is 0.653. The van der Waals surface area contributed by atoms with Gasteiger partial charge in [0.1, 0.15) is 5.65 Å². The van der Waals surface area contributed by atoms with Crippen molar-refractivity contribution in [1.29, 1.82) is 0 Å². The molecule has 0 radical (unpaired) electrons. The number of nitrogens with one attached hydrogen (secondary N) is 1. The molecule has 0 aliphatic heterocycles. The van der Waals surface area contributed by atoms with E-state index in [0.29, 0.717) is 19.7 Å². The number of hydrogen-bond donors (Lipinski definition) is 2. The first-order valence-electron chi connectivity index (χ1n) is 6.80. The van der Waals surface area contributed by atoms with Gasteiger partial charge in [-0.05, 0) is 12.1 Å². The molecular weight excluding hydrogens is 270 g/mol. The quantitative estimate of drug-likeness (QED) is 0.701. The van der Waals surface area contributed by atoms with Crippen LogP contribution in [0.1, 0.15) is 5.69 Å². The molecule has 0 aliphatic carbocycles. The Morgan fingerprint density at radius 3 is 3.05 bits per heavy atom. The fourth-order valence-corrected chi connectivity index (χ4v) is 2.17. The maximum atomic E-state index is 11.8. The molecule has 1 amide bonds. The second-order valence-electron chi connectivity index (χ2n) is 4.71. The summed E-state index contributed by atoms with van der Waals surface area (Å²) in [6, 6.07) is 5.76. The molecule has 7 heteroatoms. The van der Waals surface area contributed by atoms with E-state index in [4.69, 9.17) is 10.5 Å². The number of imidazole rings is 1. The molecule has 114 valence electrons. The summed E-state index contributed by atoms with van der Waals surface area (Å²) >= 11 is 0. The summed E-state index contributed by atoms with van der Waals surface area (Å²) in [4.78, 5) is 18.2. The SMILES string of the molecule is COCCNC(=O)CN(C)c1nc2ccccn2c1CN. The molecule has 0 aromatic carbocycles. The Bertz CT molecular complexity index is 610. The summed E-state index contributed by atoms with van der Waals surface area (Å²) in [7, 11) is 3.43. The lowest BCUT2D eigenvalue weighted by molar-refractivity contribution is -0.119. The van der Waals surface area contributed by atoms with E-state index in [1.165, 1.54) is 0 Å². The van der Waals surface area contributed by atoms with Gasteiger partial charge in [0, 0.05) is 33.4 Å². The number of fused-ring (bicyclic) bond motifs is 1. The second-order valence-corrected chi connectivity index (χ2v) is 4.71. The van der Waals surface area contributed by atoms with E-state index < -0.39 is 0 Å². The minimum atomic E-state index is -0.0745. The average Bonchev–Trinajstić information content (AvgIpc) is 2.86. The van der Waals surface area contributed by atoms with E-state index in [0.717, 1.165) is 17.2 Å². The number of carbonyl (C=O) groups is 1. The molecule has 3 N–H and O–H groups in total. The van der Waals surface area contributed by atoms with E-state index in [2.05, 4.69) is 10.3 Å². The Morgan fingerprint density at radius 1 is 1.52 bits per heavy atom. The van der Waals surface area contributed by atoms with Gasteiger partial charge in [0.25, 0.3) is 0 Å². The lowest BCUT2D eigenvalue weighted by atomic mass is 10.3. The molecule has 0 saturated carbocycles. The van der Waals surface area contributed by atoms with Crippen LogP contribution in [0.2, 0.25) is 0 Å². The van der Waals surface area contributed by atoms with Crippen molar-refractivity contribution >= 4 is 17.4 Å². The van der Waals surface area contributed by atoms with Gasteiger partial charge in [-0.25, -0.2) is 4.98 Å². The first kappa shape index (κ1) is 15.3. The number of nitrogens with two attached hydrogens (primary N) is 1. The van der Waals surface area contributed by atoms with Gasteiger partial charge in [-0.15, -0.1) is 0 Å². The van der Waals surface area contributed by atoms with E-state index >= 15 is 0 Å². The van der Waals surface area contributed by atoms with Crippen molar-refractivity contribution in [2.45, 2.75) is 6.54 Å². The first-order valence-corrected chi connectivity index (χ1v) is 6.80. The van der Waals surface area contributed by atoms with Gasteiger partial charge in [-0.1, -0.05) is 6.07 Å². The van der Waals surface area contributed by atoms with E-state index in [-0.39, 0.29) is 12.5 Å². The third-order valence-electron chi connectivity index (χ3n) is 3.17. The minimum absolute atomic E-state index is 0.0745. The normalized spacial score (nSPS) is 10.8. The number of anilines is 1. The molecule has 2 aromatic heterocycles. The monoisotopic (exact) mass is 291 g/mol. The van der Waals surface area contributed by atoms with Crippen LogP contribution in [0.5, 0.6) is 0 Å². The van der Waals surface area contributed by atoms with Crippen LogP contribution in [0.3, 0.4) is 0 Å². The average molecular weight is 291 g/mol. The van der Waals surface area contributed by atoms with E-state index in [1.807, 2.05) is 35.8 Å². The molecule has 7 nitrogen and oxygen atoms in total. The Kier molecular flexibility index (Phi) is 5.13. The number of hydrogen-bond acceptors (Lipinski definition) is 5. The predicted octanol–water partition coefficient (Wildman–Crippen LogP) is -0.00820. The van der Waals surface area contributed by atoms with Crippen molar-refractivity contribution in [1.82, 2.24) is 14.7 Å². The third-order valence-corrected chi connectivity index (χ3v) is 3.17. The van der Waals surface area contributed by atoms with Crippen LogP contribution in [0, 0.1) is 0 Å². The van der Waals surface area contributed by atoms with Gasteiger partial charge in [-0.3, -0.25) is 4.79 Å². The van der Waals surface area contributed by atoms with Crippen LogP contribution in [-0.4, -0.2) is 49.1 Å². The van der Waals surface area contributed by atoms with Crippen molar-refractivity contribution in [3.63, 3.8) is 0 Å². The summed E-state index contributed by atoms with van der Waals surface area (Å²) < 4.78 is 6.84. The Balaban J connectivity index is 2.11. The lowest BCUT2D eigenvalue weighted by Crippen LogP contribution is -2.37. The van der Waals surface area contributed by atoms with E-state index in [1.54, 1.807) is 12.0 Å². The maximum Gasteiger partial charge on any atom is 0.239 e. The van der Waals surface area contributed by atoms with Crippen molar-refractivity contribution in [2.75, 3.05) is 38.8 Å². The number of amides is 1. The summed E-state index contributed by atoms with van der Waals surface area (Å²) in [5.41, 5.74) is 7.53. The molecule has 0 aliphatic rings. The van der Waals surface area contributed by atoms with Crippen LogP contribution < -0.4 is 16.0 Å². The number of ether oxygens (including phenoxy) is 1.